The van der Waals surface area contributed by atoms with Gasteiger partial charge in [-0.3, -0.25) is 0 Å². The monoisotopic (exact) mass is 315 g/mol. The van der Waals surface area contributed by atoms with E-state index in [1.165, 1.54) is 6.07 Å². The predicted octanol–water partition coefficient (Wildman–Crippen LogP) is 4.40. The van der Waals surface area contributed by atoms with Crippen LogP contribution in [0.2, 0.25) is 0 Å². The van der Waals surface area contributed by atoms with Crippen molar-refractivity contribution in [2.45, 2.75) is 33.6 Å². The third-order valence-corrected chi connectivity index (χ3v) is 3.76. The fourth-order valence-corrected chi connectivity index (χ4v) is 2.40. The van der Waals surface area contributed by atoms with Crippen LogP contribution in [0.3, 0.4) is 0 Å². The van der Waals surface area contributed by atoms with Gasteiger partial charge in [-0.25, -0.2) is 4.39 Å². The molecule has 3 heteroatoms. The standard InChI is InChI=1S/C15H23BrFN/c1-4-7-18-10-13(11(2)3)8-12-9-14(16)5-6-15(12)17/h5-6,9,11,13,18H,4,7-8,10H2,1-3H3. The zero-order chi connectivity index (χ0) is 13.5. The maximum Gasteiger partial charge on any atom is 0.126 e. The van der Waals surface area contributed by atoms with Gasteiger partial charge in [0.25, 0.3) is 0 Å². The maximum absolute atomic E-state index is 13.7. The normalized spacial score (nSPS) is 13.0. The van der Waals surface area contributed by atoms with Crippen molar-refractivity contribution in [3.63, 3.8) is 0 Å². The van der Waals surface area contributed by atoms with Crippen LogP contribution in [0, 0.1) is 17.7 Å². The van der Waals surface area contributed by atoms with Crippen molar-refractivity contribution in [3.8, 4) is 0 Å². The molecule has 0 saturated carbocycles. The minimum atomic E-state index is -0.0978. The van der Waals surface area contributed by atoms with E-state index in [0.29, 0.717) is 11.8 Å². The average Bonchev–Trinajstić information content (AvgIpc) is 2.32. The molecule has 1 aromatic carbocycles. The molecule has 1 nitrogen and oxygen atoms in total. The lowest BCUT2D eigenvalue weighted by Crippen LogP contribution is -2.28. The Balaban J connectivity index is 2.67. The van der Waals surface area contributed by atoms with E-state index in [1.54, 1.807) is 6.07 Å². The van der Waals surface area contributed by atoms with Crippen LogP contribution in [0.25, 0.3) is 0 Å². The van der Waals surface area contributed by atoms with Crippen molar-refractivity contribution in [2.24, 2.45) is 11.8 Å². The Hall–Kier alpha value is -0.410. The molecule has 0 aliphatic heterocycles. The van der Waals surface area contributed by atoms with Crippen molar-refractivity contribution in [2.75, 3.05) is 13.1 Å². The first-order valence-corrected chi connectivity index (χ1v) is 7.48. The highest BCUT2D eigenvalue weighted by Crippen LogP contribution is 2.22. The van der Waals surface area contributed by atoms with Crippen LogP contribution in [-0.2, 0) is 6.42 Å². The molecule has 0 radical (unpaired) electrons. The summed E-state index contributed by atoms with van der Waals surface area (Å²) in [6.07, 6.45) is 1.93. The highest BCUT2D eigenvalue weighted by Gasteiger charge is 2.16. The number of benzene rings is 1. The van der Waals surface area contributed by atoms with Crippen LogP contribution in [0.5, 0.6) is 0 Å². The molecule has 1 unspecified atom stereocenters. The van der Waals surface area contributed by atoms with Gasteiger partial charge in [0.2, 0.25) is 0 Å². The highest BCUT2D eigenvalue weighted by molar-refractivity contribution is 9.10. The molecule has 0 amide bonds. The zero-order valence-electron chi connectivity index (χ0n) is 11.5. The molecular weight excluding hydrogens is 293 g/mol. The topological polar surface area (TPSA) is 12.0 Å². The molecule has 0 saturated heterocycles. The molecule has 0 aromatic heterocycles. The second kappa shape index (κ2) is 7.90. The van der Waals surface area contributed by atoms with Crippen molar-refractivity contribution in [1.82, 2.24) is 5.32 Å². The van der Waals surface area contributed by atoms with Crippen molar-refractivity contribution in [3.05, 3.63) is 34.1 Å². The van der Waals surface area contributed by atoms with E-state index in [0.717, 1.165) is 36.0 Å². The van der Waals surface area contributed by atoms with Gasteiger partial charge < -0.3 is 5.32 Å². The number of rotatable bonds is 7. The molecule has 0 aliphatic rings. The highest BCUT2D eigenvalue weighted by atomic mass is 79.9. The van der Waals surface area contributed by atoms with Gasteiger partial charge in [0.15, 0.2) is 0 Å². The van der Waals surface area contributed by atoms with E-state index < -0.39 is 0 Å². The molecule has 0 bridgehead atoms. The molecule has 0 heterocycles. The average molecular weight is 316 g/mol. The summed E-state index contributed by atoms with van der Waals surface area (Å²) < 4.78 is 14.7. The van der Waals surface area contributed by atoms with Crippen molar-refractivity contribution < 1.29 is 4.39 Å². The summed E-state index contributed by atoms with van der Waals surface area (Å²) in [6.45, 7) is 8.55. The van der Waals surface area contributed by atoms with Gasteiger partial charge in [-0.05, 0) is 61.5 Å². The summed E-state index contributed by atoms with van der Waals surface area (Å²) in [7, 11) is 0. The summed E-state index contributed by atoms with van der Waals surface area (Å²) in [5.41, 5.74) is 0.807. The lowest BCUT2D eigenvalue weighted by Gasteiger charge is -2.22. The van der Waals surface area contributed by atoms with Crippen LogP contribution in [0.4, 0.5) is 4.39 Å². The van der Waals surface area contributed by atoms with E-state index in [2.05, 4.69) is 42.0 Å². The van der Waals surface area contributed by atoms with E-state index >= 15 is 0 Å². The van der Waals surface area contributed by atoms with Crippen molar-refractivity contribution >= 4 is 15.9 Å². The molecule has 18 heavy (non-hydrogen) atoms. The number of halogens is 2. The second-order valence-electron chi connectivity index (χ2n) is 5.15. The first kappa shape index (κ1) is 15.6. The number of hydrogen-bond donors (Lipinski definition) is 1. The third kappa shape index (κ3) is 5.07. The first-order chi connectivity index (χ1) is 8.54. The second-order valence-corrected chi connectivity index (χ2v) is 6.06. The van der Waals surface area contributed by atoms with E-state index in [4.69, 9.17) is 0 Å². The number of nitrogens with one attached hydrogen (secondary N) is 1. The van der Waals surface area contributed by atoms with Gasteiger partial charge in [-0.1, -0.05) is 36.7 Å². The first-order valence-electron chi connectivity index (χ1n) is 6.69. The molecule has 102 valence electrons. The minimum Gasteiger partial charge on any atom is -0.316 e. The van der Waals surface area contributed by atoms with Crippen molar-refractivity contribution in [1.29, 1.82) is 0 Å². The summed E-state index contributed by atoms with van der Waals surface area (Å²) in [5, 5.41) is 3.44. The Morgan fingerprint density at radius 1 is 1.33 bits per heavy atom. The quantitative estimate of drug-likeness (QED) is 0.735. The minimum absolute atomic E-state index is 0.0978. The predicted molar refractivity (Wildman–Crippen MR) is 79.3 cm³/mol. The molecule has 0 fully saturated rings. The van der Waals surface area contributed by atoms with Gasteiger partial charge in [0.05, 0.1) is 0 Å². The van der Waals surface area contributed by atoms with E-state index in [-0.39, 0.29) is 5.82 Å². The SMILES string of the molecule is CCCNCC(Cc1cc(Br)ccc1F)C(C)C. The third-order valence-electron chi connectivity index (χ3n) is 3.27. The van der Waals surface area contributed by atoms with Crippen LogP contribution in [0.15, 0.2) is 22.7 Å². The van der Waals surface area contributed by atoms with Gasteiger partial charge in [-0.15, -0.1) is 0 Å². The molecule has 1 atom stereocenters. The fraction of sp³-hybridized carbons (Fsp3) is 0.600. The smallest absolute Gasteiger partial charge is 0.126 e. The van der Waals surface area contributed by atoms with Gasteiger partial charge in [0, 0.05) is 4.47 Å². The summed E-state index contributed by atoms with van der Waals surface area (Å²) in [5.74, 6) is 0.924. The van der Waals surface area contributed by atoms with Gasteiger partial charge in [-0.2, -0.15) is 0 Å². The Morgan fingerprint density at radius 3 is 2.67 bits per heavy atom. The Bertz CT molecular complexity index is 366. The summed E-state index contributed by atoms with van der Waals surface area (Å²) >= 11 is 3.40. The molecule has 1 N–H and O–H groups in total. The molecule has 1 aromatic rings. The lowest BCUT2D eigenvalue weighted by atomic mass is 9.89. The Labute approximate surface area is 118 Å². The van der Waals surface area contributed by atoms with Gasteiger partial charge in [0.1, 0.15) is 5.82 Å². The zero-order valence-corrected chi connectivity index (χ0v) is 13.1. The Kier molecular flexibility index (Phi) is 6.87. The van der Waals surface area contributed by atoms with Gasteiger partial charge >= 0.3 is 0 Å². The Morgan fingerprint density at radius 2 is 2.06 bits per heavy atom. The molecule has 1 rings (SSSR count). The largest absolute Gasteiger partial charge is 0.316 e. The van der Waals surface area contributed by atoms with E-state index in [1.807, 2.05) is 6.07 Å². The van der Waals surface area contributed by atoms with Crippen LogP contribution >= 0.6 is 15.9 Å². The molecule has 0 spiro atoms. The maximum atomic E-state index is 13.7. The van der Waals surface area contributed by atoms with Crippen LogP contribution < -0.4 is 5.32 Å². The molecular formula is C15H23BrFN. The van der Waals surface area contributed by atoms with Crippen LogP contribution in [-0.4, -0.2) is 13.1 Å². The lowest BCUT2D eigenvalue weighted by molar-refractivity contribution is 0.356. The van der Waals surface area contributed by atoms with E-state index in [9.17, 15) is 4.39 Å². The van der Waals surface area contributed by atoms with Crippen LogP contribution in [0.1, 0.15) is 32.8 Å². The fourth-order valence-electron chi connectivity index (χ4n) is 1.99. The summed E-state index contributed by atoms with van der Waals surface area (Å²) in [6, 6.07) is 5.18. The summed E-state index contributed by atoms with van der Waals surface area (Å²) in [4.78, 5) is 0. The molecule has 0 aliphatic carbocycles. The number of hydrogen-bond acceptors (Lipinski definition) is 1.